The Bertz CT molecular complexity index is 3580. The van der Waals surface area contributed by atoms with Gasteiger partial charge in [-0.25, -0.2) is 0 Å². The molecule has 0 saturated carbocycles. The lowest BCUT2D eigenvalue weighted by atomic mass is 9.92. The first-order valence-corrected chi connectivity index (χ1v) is 19.9. The average molecular weight is 738 g/mol. The van der Waals surface area contributed by atoms with E-state index in [0.717, 1.165) is 39.0 Å². The van der Waals surface area contributed by atoms with Crippen LogP contribution >= 0.6 is 0 Å². The summed E-state index contributed by atoms with van der Waals surface area (Å²) < 4.78 is 6.87. The number of hydrogen-bond acceptors (Lipinski definition) is 2. The Morgan fingerprint density at radius 3 is 1.72 bits per heavy atom. The maximum atomic E-state index is 6.87. The van der Waals surface area contributed by atoms with Gasteiger partial charge in [0.15, 0.2) is 5.58 Å². The molecule has 0 bridgehead atoms. The first-order valence-electron chi connectivity index (χ1n) is 19.9. The van der Waals surface area contributed by atoms with Crippen LogP contribution in [0.4, 0.5) is 17.1 Å². The molecule has 11 aromatic carbocycles. The molecule has 58 heavy (non-hydrogen) atoms. The molecule has 0 aliphatic carbocycles. The molecule has 0 N–H and O–H groups in total. The fourth-order valence-corrected chi connectivity index (χ4v) is 9.09. The van der Waals surface area contributed by atoms with Gasteiger partial charge < -0.3 is 9.32 Å². The summed E-state index contributed by atoms with van der Waals surface area (Å²) in [4.78, 5) is 2.37. The largest absolute Gasteiger partial charge is 0.454 e. The number of nitrogens with zero attached hydrogens (tertiary/aromatic N) is 1. The van der Waals surface area contributed by atoms with Crippen molar-refractivity contribution in [3.05, 3.63) is 212 Å². The molecule has 0 aliphatic heterocycles. The van der Waals surface area contributed by atoms with E-state index in [2.05, 4.69) is 217 Å². The minimum atomic E-state index is 0.865. The van der Waals surface area contributed by atoms with Crippen molar-refractivity contribution >= 4 is 92.9 Å². The number of anilines is 3. The molecule has 0 amide bonds. The molecule has 2 heteroatoms. The summed E-state index contributed by atoms with van der Waals surface area (Å²) in [5.74, 6) is 0. The Hall–Kier alpha value is -7.68. The van der Waals surface area contributed by atoms with E-state index in [1.165, 1.54) is 76.1 Å². The van der Waals surface area contributed by atoms with Crippen molar-refractivity contribution in [1.29, 1.82) is 0 Å². The van der Waals surface area contributed by atoms with Crippen molar-refractivity contribution < 1.29 is 4.42 Å². The highest BCUT2D eigenvalue weighted by molar-refractivity contribution is 6.15. The SMILES string of the molecule is c1ccc(-c2ccc3cc(N(c4ccc5ccc(-c6cc7ccccc7c7ccccc67)cc5c4)c4cccc5c4oc4cc6ccccc6cc45)ccc3c2)cc1. The highest BCUT2D eigenvalue weighted by Gasteiger charge is 2.21. The summed E-state index contributed by atoms with van der Waals surface area (Å²) in [6.45, 7) is 0. The van der Waals surface area contributed by atoms with Gasteiger partial charge in [-0.2, -0.15) is 0 Å². The zero-order chi connectivity index (χ0) is 38.2. The van der Waals surface area contributed by atoms with Gasteiger partial charge in [0.05, 0.1) is 5.69 Å². The first-order chi connectivity index (χ1) is 28.7. The van der Waals surface area contributed by atoms with Gasteiger partial charge in [-0.05, 0) is 137 Å². The molecule has 0 fully saturated rings. The van der Waals surface area contributed by atoms with Crippen LogP contribution < -0.4 is 4.90 Å². The van der Waals surface area contributed by atoms with Crippen molar-refractivity contribution in [3.8, 4) is 22.3 Å². The number of hydrogen-bond donors (Lipinski definition) is 0. The minimum Gasteiger partial charge on any atom is -0.454 e. The van der Waals surface area contributed by atoms with Crippen LogP contribution in [0.2, 0.25) is 0 Å². The summed E-state index contributed by atoms with van der Waals surface area (Å²) in [5.41, 5.74) is 9.73. The Morgan fingerprint density at radius 1 is 0.293 bits per heavy atom. The van der Waals surface area contributed by atoms with E-state index in [0.29, 0.717) is 0 Å². The smallest absolute Gasteiger partial charge is 0.159 e. The molecule has 270 valence electrons. The molecule has 0 saturated heterocycles. The second kappa shape index (κ2) is 12.9. The van der Waals surface area contributed by atoms with E-state index >= 15 is 0 Å². The highest BCUT2D eigenvalue weighted by Crippen LogP contribution is 2.45. The quantitative estimate of drug-likeness (QED) is 0.164. The van der Waals surface area contributed by atoms with Crippen LogP contribution in [-0.2, 0) is 0 Å². The third-order valence-electron chi connectivity index (χ3n) is 11.9. The molecule has 1 aromatic heterocycles. The lowest BCUT2D eigenvalue weighted by molar-refractivity contribution is 0.669. The van der Waals surface area contributed by atoms with Crippen LogP contribution in [-0.4, -0.2) is 0 Å². The van der Waals surface area contributed by atoms with Crippen molar-refractivity contribution in [1.82, 2.24) is 0 Å². The molecule has 0 atom stereocenters. The summed E-state index contributed by atoms with van der Waals surface area (Å²) in [6, 6.07) is 77.1. The third kappa shape index (κ3) is 5.27. The normalized spacial score (nSPS) is 11.8. The summed E-state index contributed by atoms with van der Waals surface area (Å²) >= 11 is 0. The van der Waals surface area contributed by atoms with Crippen molar-refractivity contribution in [2.45, 2.75) is 0 Å². The van der Waals surface area contributed by atoms with Crippen LogP contribution in [0.1, 0.15) is 0 Å². The van der Waals surface area contributed by atoms with Crippen molar-refractivity contribution in [2.75, 3.05) is 4.90 Å². The zero-order valence-corrected chi connectivity index (χ0v) is 31.6. The molecule has 1 heterocycles. The number of furan rings is 1. The van der Waals surface area contributed by atoms with Gasteiger partial charge in [0.1, 0.15) is 5.58 Å². The van der Waals surface area contributed by atoms with Gasteiger partial charge >= 0.3 is 0 Å². The molecule has 0 unspecified atom stereocenters. The minimum absolute atomic E-state index is 0.865. The fraction of sp³-hybridized carbons (Fsp3) is 0. The second-order valence-corrected chi connectivity index (χ2v) is 15.3. The second-order valence-electron chi connectivity index (χ2n) is 15.3. The van der Waals surface area contributed by atoms with E-state index in [-0.39, 0.29) is 0 Å². The van der Waals surface area contributed by atoms with Crippen LogP contribution in [0, 0.1) is 0 Å². The van der Waals surface area contributed by atoms with Crippen LogP contribution in [0.25, 0.3) is 98.1 Å². The maximum Gasteiger partial charge on any atom is 0.159 e. The molecule has 0 spiro atoms. The Labute approximate surface area is 335 Å². The lowest BCUT2D eigenvalue weighted by Gasteiger charge is -2.26. The van der Waals surface area contributed by atoms with Crippen molar-refractivity contribution in [2.24, 2.45) is 0 Å². The van der Waals surface area contributed by atoms with E-state index < -0.39 is 0 Å². The van der Waals surface area contributed by atoms with E-state index in [1.54, 1.807) is 0 Å². The number of fused-ring (bicyclic) bond motifs is 9. The van der Waals surface area contributed by atoms with E-state index in [4.69, 9.17) is 4.42 Å². The number of rotatable bonds is 5. The molecule has 12 aromatic rings. The van der Waals surface area contributed by atoms with Crippen LogP contribution in [0.15, 0.2) is 217 Å². The van der Waals surface area contributed by atoms with Gasteiger partial charge in [-0.3, -0.25) is 0 Å². The number of benzene rings is 11. The Balaban J connectivity index is 1.06. The van der Waals surface area contributed by atoms with Gasteiger partial charge in [0.25, 0.3) is 0 Å². The number of para-hydroxylation sites is 1. The molecule has 0 radical (unpaired) electrons. The first kappa shape index (κ1) is 32.6. The standard InChI is InChI=1S/C56H35NO/c1-2-11-36(12-3-1)40-22-23-42-31-46(28-26-41(42)29-40)57(54-20-10-19-51-53-33-38-13-4-5-14-39(38)35-55(53)58-56(51)54)47-27-25-37-21-24-44(30-45(37)32-47)52-34-43-15-6-7-16-48(43)49-17-8-9-18-50(49)52/h1-35H. The van der Waals surface area contributed by atoms with Gasteiger partial charge in [-0.15, -0.1) is 0 Å². The van der Waals surface area contributed by atoms with Crippen LogP contribution in [0.3, 0.4) is 0 Å². The predicted molar refractivity (Wildman–Crippen MR) is 247 cm³/mol. The summed E-state index contributed by atoms with van der Waals surface area (Å²) in [7, 11) is 0. The van der Waals surface area contributed by atoms with Gasteiger partial charge in [-0.1, -0.05) is 152 Å². The monoisotopic (exact) mass is 737 g/mol. The molecule has 12 rings (SSSR count). The summed E-state index contributed by atoms with van der Waals surface area (Å²) in [5, 5.41) is 14.4. The zero-order valence-electron chi connectivity index (χ0n) is 31.6. The van der Waals surface area contributed by atoms with Crippen molar-refractivity contribution in [3.63, 3.8) is 0 Å². The fourth-order valence-electron chi connectivity index (χ4n) is 9.09. The van der Waals surface area contributed by atoms with Gasteiger partial charge in [0, 0.05) is 22.1 Å². The Kier molecular flexibility index (Phi) is 7.26. The Morgan fingerprint density at radius 2 is 0.879 bits per heavy atom. The third-order valence-corrected chi connectivity index (χ3v) is 11.9. The molecule has 2 nitrogen and oxygen atoms in total. The highest BCUT2D eigenvalue weighted by atomic mass is 16.3. The van der Waals surface area contributed by atoms with E-state index in [1.807, 2.05) is 0 Å². The molecule has 0 aliphatic rings. The molecular weight excluding hydrogens is 703 g/mol. The topological polar surface area (TPSA) is 16.4 Å². The molecular formula is C56H35NO. The van der Waals surface area contributed by atoms with Crippen LogP contribution in [0.5, 0.6) is 0 Å². The summed E-state index contributed by atoms with van der Waals surface area (Å²) in [6.07, 6.45) is 0. The van der Waals surface area contributed by atoms with E-state index in [9.17, 15) is 0 Å². The van der Waals surface area contributed by atoms with Gasteiger partial charge in [0.2, 0.25) is 0 Å². The predicted octanol–water partition coefficient (Wildman–Crippen LogP) is 16.2. The maximum absolute atomic E-state index is 6.87. The lowest BCUT2D eigenvalue weighted by Crippen LogP contribution is -2.10. The average Bonchev–Trinajstić information content (AvgIpc) is 3.66.